The van der Waals surface area contributed by atoms with Crippen LogP contribution in [0.5, 0.6) is 0 Å². The number of esters is 1. The molecule has 1 aromatic rings. The van der Waals surface area contributed by atoms with Gasteiger partial charge in [0.1, 0.15) is 11.6 Å². The summed E-state index contributed by atoms with van der Waals surface area (Å²) in [5.41, 5.74) is -0.302. The van der Waals surface area contributed by atoms with E-state index in [1.54, 1.807) is 6.92 Å². The summed E-state index contributed by atoms with van der Waals surface area (Å²) in [7, 11) is 0. The third kappa shape index (κ3) is 3.35. The molecule has 1 aromatic heterocycles. The van der Waals surface area contributed by atoms with Gasteiger partial charge in [0.2, 0.25) is 0 Å². The molecular weight excluding hydrogens is 237 g/mol. The van der Waals surface area contributed by atoms with Crippen molar-refractivity contribution >= 4 is 11.8 Å². The second kappa shape index (κ2) is 6.83. The van der Waals surface area contributed by atoms with Gasteiger partial charge in [0, 0.05) is 6.20 Å². The number of halogens is 1. The Hall–Kier alpha value is -1.78. The number of hydrogen-bond acceptors (Lipinski definition) is 4. The third-order valence-electron chi connectivity index (χ3n) is 2.46. The summed E-state index contributed by atoms with van der Waals surface area (Å²) in [4.78, 5) is 27.4. The number of hydrogen-bond donors (Lipinski definition) is 0. The highest BCUT2D eigenvalue weighted by molar-refractivity contribution is 6.07. The number of ether oxygens (including phenoxy) is 1. The molecule has 1 unspecified atom stereocenters. The van der Waals surface area contributed by atoms with E-state index in [-0.39, 0.29) is 12.3 Å². The SMILES string of the molecule is CCCC(C(=O)OCC)C(=O)c1ncccc1F. The van der Waals surface area contributed by atoms with Crippen LogP contribution in [-0.2, 0) is 9.53 Å². The van der Waals surface area contributed by atoms with Crippen molar-refractivity contribution in [3.8, 4) is 0 Å². The third-order valence-corrected chi connectivity index (χ3v) is 2.46. The monoisotopic (exact) mass is 253 g/mol. The van der Waals surface area contributed by atoms with Gasteiger partial charge in [-0.3, -0.25) is 14.6 Å². The average molecular weight is 253 g/mol. The molecule has 0 saturated carbocycles. The van der Waals surface area contributed by atoms with Crippen LogP contribution in [0.4, 0.5) is 4.39 Å². The van der Waals surface area contributed by atoms with E-state index >= 15 is 0 Å². The number of rotatable bonds is 6. The molecule has 0 bridgehead atoms. The standard InChI is InChI=1S/C13H16FNO3/c1-3-6-9(13(17)18-4-2)12(16)11-10(14)7-5-8-15-11/h5,7-9H,3-4,6H2,1-2H3. The molecule has 0 aliphatic heterocycles. The topological polar surface area (TPSA) is 56.3 Å². The second-order valence-electron chi connectivity index (χ2n) is 3.79. The molecule has 0 fully saturated rings. The van der Waals surface area contributed by atoms with Crippen LogP contribution >= 0.6 is 0 Å². The summed E-state index contributed by atoms with van der Waals surface area (Å²) in [5.74, 6) is -2.92. The highest BCUT2D eigenvalue weighted by atomic mass is 19.1. The van der Waals surface area contributed by atoms with Crippen LogP contribution in [-0.4, -0.2) is 23.3 Å². The highest BCUT2D eigenvalue weighted by Gasteiger charge is 2.30. The Morgan fingerprint density at radius 1 is 1.44 bits per heavy atom. The molecule has 1 atom stereocenters. The van der Waals surface area contributed by atoms with Crippen molar-refractivity contribution in [2.24, 2.45) is 5.92 Å². The molecule has 0 amide bonds. The number of ketones is 1. The van der Waals surface area contributed by atoms with E-state index < -0.39 is 23.5 Å². The first-order chi connectivity index (χ1) is 8.61. The predicted octanol–water partition coefficient (Wildman–Crippen LogP) is 2.38. The van der Waals surface area contributed by atoms with Crippen LogP contribution in [0.25, 0.3) is 0 Å². The van der Waals surface area contributed by atoms with Crippen molar-refractivity contribution in [1.29, 1.82) is 0 Å². The van der Waals surface area contributed by atoms with Crippen molar-refractivity contribution in [2.45, 2.75) is 26.7 Å². The fraction of sp³-hybridized carbons (Fsp3) is 0.462. The molecule has 1 rings (SSSR count). The zero-order valence-electron chi connectivity index (χ0n) is 10.5. The van der Waals surface area contributed by atoms with E-state index in [0.29, 0.717) is 12.8 Å². The molecule has 0 saturated heterocycles. The summed E-state index contributed by atoms with van der Waals surface area (Å²) in [6.07, 6.45) is 2.28. The molecular formula is C13H16FNO3. The number of pyridine rings is 1. The van der Waals surface area contributed by atoms with E-state index in [4.69, 9.17) is 4.74 Å². The van der Waals surface area contributed by atoms with Crippen LogP contribution in [0.2, 0.25) is 0 Å². The number of carbonyl (C=O) groups is 2. The largest absolute Gasteiger partial charge is 0.465 e. The minimum atomic E-state index is -0.973. The Balaban J connectivity index is 2.96. The molecule has 0 spiro atoms. The normalized spacial score (nSPS) is 11.9. The summed E-state index contributed by atoms with van der Waals surface area (Å²) in [6, 6.07) is 2.54. The van der Waals surface area contributed by atoms with Crippen molar-refractivity contribution in [3.63, 3.8) is 0 Å². The van der Waals surface area contributed by atoms with Crippen molar-refractivity contribution in [1.82, 2.24) is 4.98 Å². The van der Waals surface area contributed by atoms with Crippen LogP contribution in [0.15, 0.2) is 18.3 Å². The zero-order chi connectivity index (χ0) is 13.5. The maximum absolute atomic E-state index is 13.5. The lowest BCUT2D eigenvalue weighted by atomic mass is 9.96. The molecule has 0 aliphatic carbocycles. The van der Waals surface area contributed by atoms with Gasteiger partial charge in [-0.25, -0.2) is 4.39 Å². The first-order valence-electron chi connectivity index (χ1n) is 5.93. The van der Waals surface area contributed by atoms with Gasteiger partial charge in [0.25, 0.3) is 0 Å². The quantitative estimate of drug-likeness (QED) is 0.443. The lowest BCUT2D eigenvalue weighted by Crippen LogP contribution is -2.27. The number of Topliss-reactive ketones (excluding diaryl/α,β-unsaturated/α-hetero) is 1. The summed E-state index contributed by atoms with van der Waals surface area (Å²) in [6.45, 7) is 3.69. The second-order valence-corrected chi connectivity index (χ2v) is 3.79. The Morgan fingerprint density at radius 3 is 2.72 bits per heavy atom. The zero-order valence-corrected chi connectivity index (χ0v) is 10.5. The van der Waals surface area contributed by atoms with Crippen molar-refractivity contribution in [3.05, 3.63) is 29.8 Å². The number of aromatic nitrogens is 1. The fourth-order valence-corrected chi connectivity index (χ4v) is 1.62. The van der Waals surface area contributed by atoms with E-state index in [1.807, 2.05) is 6.92 Å². The first-order valence-corrected chi connectivity index (χ1v) is 5.93. The first kappa shape index (κ1) is 14.3. The van der Waals surface area contributed by atoms with Gasteiger partial charge in [-0.2, -0.15) is 0 Å². The molecule has 0 aromatic carbocycles. The smallest absolute Gasteiger partial charge is 0.316 e. The Labute approximate surface area is 105 Å². The van der Waals surface area contributed by atoms with Gasteiger partial charge in [-0.05, 0) is 25.5 Å². The van der Waals surface area contributed by atoms with Crippen LogP contribution in [0, 0.1) is 11.7 Å². The Morgan fingerprint density at radius 2 is 2.17 bits per heavy atom. The molecule has 98 valence electrons. The maximum Gasteiger partial charge on any atom is 0.316 e. The van der Waals surface area contributed by atoms with Crippen LogP contribution in [0.1, 0.15) is 37.2 Å². The van der Waals surface area contributed by atoms with Gasteiger partial charge >= 0.3 is 5.97 Å². The Bertz CT molecular complexity index is 434. The lowest BCUT2D eigenvalue weighted by molar-refractivity contribution is -0.146. The molecule has 1 heterocycles. The average Bonchev–Trinajstić information content (AvgIpc) is 2.36. The minimum Gasteiger partial charge on any atom is -0.465 e. The van der Waals surface area contributed by atoms with Gasteiger partial charge in [0.05, 0.1) is 6.61 Å². The van der Waals surface area contributed by atoms with Gasteiger partial charge in [-0.1, -0.05) is 13.3 Å². The molecule has 0 radical (unpaired) electrons. The lowest BCUT2D eigenvalue weighted by Gasteiger charge is -2.13. The van der Waals surface area contributed by atoms with Crippen LogP contribution in [0.3, 0.4) is 0 Å². The Kier molecular flexibility index (Phi) is 5.42. The van der Waals surface area contributed by atoms with E-state index in [9.17, 15) is 14.0 Å². The molecule has 0 N–H and O–H groups in total. The van der Waals surface area contributed by atoms with Crippen molar-refractivity contribution in [2.75, 3.05) is 6.61 Å². The number of nitrogens with zero attached hydrogens (tertiary/aromatic N) is 1. The molecule has 4 nitrogen and oxygen atoms in total. The fourth-order valence-electron chi connectivity index (χ4n) is 1.62. The summed E-state index contributed by atoms with van der Waals surface area (Å²) < 4.78 is 18.3. The van der Waals surface area contributed by atoms with E-state index in [0.717, 1.165) is 6.07 Å². The van der Waals surface area contributed by atoms with Crippen LogP contribution < -0.4 is 0 Å². The van der Waals surface area contributed by atoms with E-state index in [2.05, 4.69) is 4.98 Å². The van der Waals surface area contributed by atoms with Gasteiger partial charge in [-0.15, -0.1) is 0 Å². The van der Waals surface area contributed by atoms with Gasteiger partial charge < -0.3 is 4.74 Å². The summed E-state index contributed by atoms with van der Waals surface area (Å²) >= 11 is 0. The number of carbonyl (C=O) groups excluding carboxylic acids is 2. The van der Waals surface area contributed by atoms with E-state index in [1.165, 1.54) is 12.3 Å². The molecule has 5 heteroatoms. The predicted molar refractivity (Wildman–Crippen MR) is 63.6 cm³/mol. The minimum absolute atomic E-state index is 0.191. The highest BCUT2D eigenvalue weighted by Crippen LogP contribution is 2.16. The molecule has 0 aliphatic rings. The van der Waals surface area contributed by atoms with Gasteiger partial charge in [0.15, 0.2) is 11.6 Å². The van der Waals surface area contributed by atoms with Crippen molar-refractivity contribution < 1.29 is 18.7 Å². The summed E-state index contributed by atoms with van der Waals surface area (Å²) in [5, 5.41) is 0. The maximum atomic E-state index is 13.5. The molecule has 18 heavy (non-hydrogen) atoms.